The average molecular weight is 116 g/mol. The standard InChI is InChI=1S/C6H5BN2/c8-7-9-6-4-2-1-3-5-6/h1-5H. The zero-order valence-electron chi connectivity index (χ0n) is 4.86. The van der Waals surface area contributed by atoms with Crippen LogP contribution in [0, 0.1) is 6.42 Å². The van der Waals surface area contributed by atoms with Crippen molar-refractivity contribution in [2.24, 2.45) is 4.90 Å². The van der Waals surface area contributed by atoms with Crippen molar-refractivity contribution in [1.82, 2.24) is 0 Å². The molecular weight excluding hydrogens is 111 g/mol. The van der Waals surface area contributed by atoms with E-state index in [1.54, 1.807) is 0 Å². The van der Waals surface area contributed by atoms with Crippen LogP contribution in [0.1, 0.15) is 0 Å². The SMILES string of the molecule is [N-]=BN=C1C=C[CH+]C=C1. The minimum atomic E-state index is 0.764. The molecule has 1 aliphatic carbocycles. The van der Waals surface area contributed by atoms with Gasteiger partial charge in [-0.05, 0) is 0 Å². The zero-order valence-corrected chi connectivity index (χ0v) is 4.86. The minimum absolute atomic E-state index is 0.764. The second-order valence-corrected chi connectivity index (χ2v) is 1.58. The summed E-state index contributed by atoms with van der Waals surface area (Å²) in [5.74, 6) is 0. The molecule has 0 aromatic carbocycles. The Morgan fingerprint density at radius 1 is 1.44 bits per heavy atom. The predicted molar refractivity (Wildman–Crippen MR) is 39.1 cm³/mol. The molecule has 0 aliphatic heterocycles. The Labute approximate surface area is 54.8 Å². The first-order chi connectivity index (χ1) is 4.43. The third kappa shape index (κ3) is 1.68. The molecule has 9 heavy (non-hydrogen) atoms. The average Bonchev–Trinajstić information content (AvgIpc) is 1.91. The number of hydrogen-bond acceptors (Lipinski definition) is 0. The van der Waals surface area contributed by atoms with E-state index in [1.807, 2.05) is 30.7 Å². The van der Waals surface area contributed by atoms with Gasteiger partial charge in [0.25, 0.3) is 0 Å². The van der Waals surface area contributed by atoms with Crippen molar-refractivity contribution in [3.63, 3.8) is 0 Å². The van der Waals surface area contributed by atoms with Gasteiger partial charge in [-0.25, -0.2) is 0 Å². The van der Waals surface area contributed by atoms with Crippen molar-refractivity contribution in [3.8, 4) is 0 Å². The molecule has 0 atom stereocenters. The summed E-state index contributed by atoms with van der Waals surface area (Å²) in [7, 11) is 0.787. The molecule has 0 unspecified atom stereocenters. The summed E-state index contributed by atoms with van der Waals surface area (Å²) in [5, 5.41) is 8.23. The number of allylic oxidation sites excluding steroid dienone is 4. The van der Waals surface area contributed by atoms with Gasteiger partial charge >= 0.3 is 53.9 Å². The topological polar surface area (TPSA) is 34.7 Å². The van der Waals surface area contributed by atoms with Crippen molar-refractivity contribution in [2.45, 2.75) is 0 Å². The van der Waals surface area contributed by atoms with Crippen molar-refractivity contribution < 1.29 is 0 Å². The summed E-state index contributed by atoms with van der Waals surface area (Å²) in [6.45, 7) is 0. The summed E-state index contributed by atoms with van der Waals surface area (Å²) in [4.78, 5) is 3.64. The summed E-state index contributed by atoms with van der Waals surface area (Å²) in [6, 6.07) is 0. The second kappa shape index (κ2) is 3.02. The first-order valence-corrected chi connectivity index (χ1v) is 2.65. The van der Waals surface area contributed by atoms with Crippen LogP contribution in [-0.2, 0) is 0 Å². The van der Waals surface area contributed by atoms with Gasteiger partial charge in [-0.3, -0.25) is 0 Å². The summed E-state index contributed by atoms with van der Waals surface area (Å²) in [5.41, 5.74) is 0.764. The molecule has 2 nitrogen and oxygen atoms in total. The molecule has 1 aliphatic rings. The van der Waals surface area contributed by atoms with Crippen LogP contribution in [0.15, 0.2) is 29.2 Å². The van der Waals surface area contributed by atoms with Crippen LogP contribution in [0.2, 0.25) is 0 Å². The Bertz CT molecular complexity index is 177. The van der Waals surface area contributed by atoms with E-state index in [1.165, 1.54) is 0 Å². The van der Waals surface area contributed by atoms with Crippen molar-refractivity contribution in [1.29, 1.82) is 0 Å². The Hall–Kier alpha value is -1.12. The first-order valence-electron chi connectivity index (χ1n) is 2.65. The van der Waals surface area contributed by atoms with Crippen LogP contribution < -0.4 is 0 Å². The number of nitrogens with zero attached hydrogens (tertiary/aromatic N) is 2. The number of hydrogen-bond donors (Lipinski definition) is 0. The summed E-state index contributed by atoms with van der Waals surface area (Å²) < 4.78 is 0. The molecule has 0 saturated carbocycles. The molecule has 3 heteroatoms. The Kier molecular flexibility index (Phi) is 2.02. The Morgan fingerprint density at radius 2 is 2.11 bits per heavy atom. The molecule has 0 bridgehead atoms. The molecule has 42 valence electrons. The molecule has 0 N–H and O–H groups in total. The quantitative estimate of drug-likeness (QED) is 0.363. The third-order valence-electron chi connectivity index (χ3n) is 0.963. The molecule has 0 aromatic heterocycles. The van der Waals surface area contributed by atoms with E-state index in [0.29, 0.717) is 0 Å². The molecule has 1 rings (SSSR count). The van der Waals surface area contributed by atoms with Gasteiger partial charge in [0.05, 0.1) is 0 Å². The predicted octanol–water partition coefficient (Wildman–Crippen LogP) is 1.13. The van der Waals surface area contributed by atoms with E-state index < -0.39 is 0 Å². The van der Waals surface area contributed by atoms with Gasteiger partial charge < -0.3 is 0 Å². The van der Waals surface area contributed by atoms with Gasteiger partial charge in [-0.2, -0.15) is 0 Å². The molecular formula is C6H5BN2. The van der Waals surface area contributed by atoms with E-state index in [9.17, 15) is 0 Å². The molecule has 0 aromatic rings. The maximum atomic E-state index is 8.23. The van der Waals surface area contributed by atoms with E-state index in [0.717, 1.165) is 12.9 Å². The fraction of sp³-hybridized carbons (Fsp3) is 0. The summed E-state index contributed by atoms with van der Waals surface area (Å²) in [6.07, 6.45) is 9.25. The fourth-order valence-electron chi connectivity index (χ4n) is 0.581. The molecule has 0 radical (unpaired) electrons. The van der Waals surface area contributed by atoms with Gasteiger partial charge in [0.1, 0.15) is 0 Å². The fourth-order valence-corrected chi connectivity index (χ4v) is 0.581. The summed E-state index contributed by atoms with van der Waals surface area (Å²) >= 11 is 0. The molecule has 0 heterocycles. The third-order valence-corrected chi connectivity index (χ3v) is 0.963. The van der Waals surface area contributed by atoms with E-state index in [-0.39, 0.29) is 0 Å². The molecule has 0 fully saturated rings. The van der Waals surface area contributed by atoms with Crippen LogP contribution in [0.4, 0.5) is 0 Å². The monoisotopic (exact) mass is 116 g/mol. The maximum absolute atomic E-state index is 8.23. The normalized spacial score (nSPS) is 14.4. The van der Waals surface area contributed by atoms with E-state index in [2.05, 4.69) is 4.90 Å². The molecule has 0 spiro atoms. The van der Waals surface area contributed by atoms with Gasteiger partial charge in [-0.1, -0.05) is 0 Å². The van der Waals surface area contributed by atoms with Crippen LogP contribution in [0.25, 0.3) is 5.31 Å². The second-order valence-electron chi connectivity index (χ2n) is 1.58. The first kappa shape index (κ1) is 6.01. The van der Waals surface area contributed by atoms with Gasteiger partial charge in [0.15, 0.2) is 0 Å². The van der Waals surface area contributed by atoms with Gasteiger partial charge in [0, 0.05) is 0 Å². The van der Waals surface area contributed by atoms with Crippen molar-refractivity contribution in [3.05, 3.63) is 36.0 Å². The van der Waals surface area contributed by atoms with E-state index in [4.69, 9.17) is 5.31 Å². The number of rotatable bonds is 1. The van der Waals surface area contributed by atoms with Crippen LogP contribution in [0.5, 0.6) is 0 Å². The van der Waals surface area contributed by atoms with Crippen LogP contribution in [0.3, 0.4) is 0 Å². The Morgan fingerprint density at radius 3 is 2.67 bits per heavy atom. The van der Waals surface area contributed by atoms with Crippen molar-refractivity contribution in [2.75, 3.05) is 0 Å². The molecule has 0 saturated heterocycles. The van der Waals surface area contributed by atoms with E-state index >= 15 is 0 Å². The Balaban J connectivity index is 2.69. The van der Waals surface area contributed by atoms with Crippen LogP contribution in [-0.4, -0.2) is 12.9 Å². The van der Waals surface area contributed by atoms with Crippen LogP contribution >= 0.6 is 0 Å². The molecule has 0 amide bonds. The van der Waals surface area contributed by atoms with Gasteiger partial charge in [0.2, 0.25) is 0 Å². The van der Waals surface area contributed by atoms with Gasteiger partial charge in [-0.15, -0.1) is 0 Å². The van der Waals surface area contributed by atoms with Crippen molar-refractivity contribution >= 4 is 12.9 Å². The zero-order chi connectivity index (χ0) is 6.53.